The van der Waals surface area contributed by atoms with Crippen LogP contribution in [0.3, 0.4) is 0 Å². The maximum Gasteiger partial charge on any atom is 0.261 e. The van der Waals surface area contributed by atoms with Crippen molar-refractivity contribution < 1.29 is 19.1 Å². The molecule has 0 spiro atoms. The fourth-order valence-electron chi connectivity index (χ4n) is 3.54. The number of hydrogen-bond acceptors (Lipinski definition) is 6. The van der Waals surface area contributed by atoms with Crippen LogP contribution in [0.25, 0.3) is 11.3 Å². The number of hydrogen-bond donors (Lipinski definition) is 1. The number of carbonyl (C=O) groups excluding carboxylic acids is 3. The van der Waals surface area contributed by atoms with Crippen molar-refractivity contribution in [2.24, 2.45) is 0 Å². The van der Waals surface area contributed by atoms with E-state index in [-0.39, 0.29) is 30.7 Å². The summed E-state index contributed by atoms with van der Waals surface area (Å²) in [5.41, 5.74) is 2.56. The van der Waals surface area contributed by atoms with Crippen molar-refractivity contribution in [3.63, 3.8) is 0 Å². The zero-order chi connectivity index (χ0) is 23.2. The molecular formula is C25H25N3O4S. The Morgan fingerprint density at radius 1 is 1.03 bits per heavy atom. The maximum atomic E-state index is 12.4. The summed E-state index contributed by atoms with van der Waals surface area (Å²) < 4.78 is 5.68. The number of benzene rings is 2. The number of aromatic nitrogens is 1. The highest BCUT2D eigenvalue weighted by atomic mass is 32.1. The predicted molar refractivity (Wildman–Crippen MR) is 128 cm³/mol. The third kappa shape index (κ3) is 5.28. The number of ether oxygens (including phenoxy) is 1. The van der Waals surface area contributed by atoms with Crippen LogP contribution in [0.15, 0.2) is 53.9 Å². The van der Waals surface area contributed by atoms with E-state index >= 15 is 0 Å². The highest BCUT2D eigenvalue weighted by Gasteiger charge is 2.34. The van der Waals surface area contributed by atoms with Crippen LogP contribution >= 0.6 is 11.3 Å². The van der Waals surface area contributed by atoms with Crippen molar-refractivity contribution in [2.45, 2.75) is 32.6 Å². The highest BCUT2D eigenvalue weighted by molar-refractivity contribution is 7.14. The average Bonchev–Trinajstić information content (AvgIpc) is 3.38. The van der Waals surface area contributed by atoms with E-state index in [4.69, 9.17) is 4.74 Å². The quantitative estimate of drug-likeness (QED) is 0.337. The van der Waals surface area contributed by atoms with Gasteiger partial charge in [-0.05, 0) is 49.2 Å². The molecule has 1 N–H and O–H groups in total. The van der Waals surface area contributed by atoms with Crippen molar-refractivity contribution in [3.05, 3.63) is 65.0 Å². The van der Waals surface area contributed by atoms with Gasteiger partial charge in [0.25, 0.3) is 11.8 Å². The van der Waals surface area contributed by atoms with Gasteiger partial charge in [0.15, 0.2) is 5.13 Å². The molecule has 170 valence electrons. The molecule has 0 aliphatic carbocycles. The molecule has 0 radical (unpaired) electrons. The first-order chi connectivity index (χ1) is 16.1. The highest BCUT2D eigenvalue weighted by Crippen LogP contribution is 2.27. The third-order valence-corrected chi connectivity index (χ3v) is 6.09. The zero-order valence-electron chi connectivity index (χ0n) is 18.4. The summed E-state index contributed by atoms with van der Waals surface area (Å²) in [6, 6.07) is 14.5. The van der Waals surface area contributed by atoms with Gasteiger partial charge in [-0.15, -0.1) is 11.3 Å². The van der Waals surface area contributed by atoms with Gasteiger partial charge in [0.05, 0.1) is 23.4 Å². The Kier molecular flexibility index (Phi) is 7.14. The van der Waals surface area contributed by atoms with Crippen molar-refractivity contribution in [1.29, 1.82) is 0 Å². The number of imide groups is 1. The molecule has 0 unspecified atom stereocenters. The van der Waals surface area contributed by atoms with Gasteiger partial charge in [-0.2, -0.15) is 0 Å². The monoisotopic (exact) mass is 463 g/mol. The van der Waals surface area contributed by atoms with Gasteiger partial charge >= 0.3 is 0 Å². The van der Waals surface area contributed by atoms with Crippen LogP contribution in [0, 0.1) is 0 Å². The Morgan fingerprint density at radius 2 is 1.73 bits per heavy atom. The van der Waals surface area contributed by atoms with E-state index in [1.165, 1.54) is 16.2 Å². The summed E-state index contributed by atoms with van der Waals surface area (Å²) >= 11 is 1.35. The topological polar surface area (TPSA) is 88.6 Å². The number of fused-ring (bicyclic) bond motifs is 1. The molecule has 3 amide bonds. The van der Waals surface area contributed by atoms with Crippen LogP contribution in [-0.2, 0) is 4.79 Å². The number of anilines is 1. The summed E-state index contributed by atoms with van der Waals surface area (Å²) in [5, 5.41) is 5.20. The van der Waals surface area contributed by atoms with Gasteiger partial charge in [0.1, 0.15) is 5.75 Å². The number of unbranched alkanes of at least 4 members (excludes halogenated alkanes) is 1. The lowest BCUT2D eigenvalue weighted by Gasteiger charge is -2.13. The van der Waals surface area contributed by atoms with E-state index in [1.54, 1.807) is 24.3 Å². The Hall–Kier alpha value is -3.52. The Morgan fingerprint density at radius 3 is 2.39 bits per heavy atom. The Bertz CT molecular complexity index is 1120. The van der Waals surface area contributed by atoms with Crippen LogP contribution in [0.4, 0.5) is 5.13 Å². The Labute approximate surface area is 196 Å². The SMILES string of the molecule is CCCCOc1ccc(-c2csc(NC(=O)CCCN3C(=O)c4ccccc4C3=O)n2)cc1. The van der Waals surface area contributed by atoms with Crippen LogP contribution < -0.4 is 10.1 Å². The van der Waals surface area contributed by atoms with E-state index in [1.807, 2.05) is 29.6 Å². The van der Waals surface area contributed by atoms with E-state index in [9.17, 15) is 14.4 Å². The largest absolute Gasteiger partial charge is 0.494 e. The molecule has 33 heavy (non-hydrogen) atoms. The number of rotatable bonds is 10. The second-order valence-electron chi connectivity index (χ2n) is 7.72. The number of nitrogens with zero attached hydrogens (tertiary/aromatic N) is 2. The minimum atomic E-state index is -0.303. The standard InChI is InChI=1S/C25H25N3O4S/c1-2-3-15-32-18-12-10-17(11-13-18)21-16-33-25(26-21)27-22(29)9-6-14-28-23(30)19-7-4-5-8-20(19)24(28)31/h4-5,7-8,10-13,16H,2-3,6,9,14-15H2,1H3,(H,26,27,29). The van der Waals surface area contributed by atoms with Gasteiger partial charge < -0.3 is 10.1 Å². The van der Waals surface area contributed by atoms with E-state index in [0.717, 1.165) is 29.8 Å². The number of thiazole rings is 1. The molecule has 0 atom stereocenters. The van der Waals surface area contributed by atoms with Crippen LogP contribution in [0.1, 0.15) is 53.3 Å². The minimum Gasteiger partial charge on any atom is -0.494 e. The first kappa shape index (κ1) is 22.7. The summed E-state index contributed by atoms with van der Waals surface area (Å²) in [5.74, 6) is 0.0194. The molecule has 0 saturated heterocycles. The smallest absolute Gasteiger partial charge is 0.261 e. The molecule has 0 fully saturated rings. The molecule has 1 aliphatic rings. The van der Waals surface area contributed by atoms with E-state index in [2.05, 4.69) is 17.2 Å². The van der Waals surface area contributed by atoms with Gasteiger partial charge in [-0.1, -0.05) is 25.5 Å². The summed E-state index contributed by atoms with van der Waals surface area (Å²) in [7, 11) is 0. The lowest BCUT2D eigenvalue weighted by Crippen LogP contribution is -2.31. The minimum absolute atomic E-state index is 0.187. The predicted octanol–water partition coefficient (Wildman–Crippen LogP) is 5.00. The van der Waals surface area contributed by atoms with E-state index < -0.39 is 0 Å². The fraction of sp³-hybridized carbons (Fsp3) is 0.280. The second-order valence-corrected chi connectivity index (χ2v) is 8.58. The summed E-state index contributed by atoms with van der Waals surface area (Å²) in [6.45, 7) is 3.03. The normalized spacial score (nSPS) is 12.7. The van der Waals surface area contributed by atoms with Crippen LogP contribution in [0.2, 0.25) is 0 Å². The van der Waals surface area contributed by atoms with Crippen molar-refractivity contribution >= 4 is 34.2 Å². The van der Waals surface area contributed by atoms with Gasteiger partial charge in [-0.25, -0.2) is 4.98 Å². The molecule has 2 aromatic carbocycles. The van der Waals surface area contributed by atoms with Gasteiger partial charge in [0, 0.05) is 23.9 Å². The molecule has 8 heteroatoms. The number of nitrogens with one attached hydrogen (secondary N) is 1. The first-order valence-corrected chi connectivity index (χ1v) is 11.9. The van der Waals surface area contributed by atoms with Crippen molar-refractivity contribution in [3.8, 4) is 17.0 Å². The van der Waals surface area contributed by atoms with Crippen molar-refractivity contribution in [2.75, 3.05) is 18.5 Å². The molecular weight excluding hydrogens is 438 g/mol. The fourth-order valence-corrected chi connectivity index (χ4v) is 4.28. The van der Waals surface area contributed by atoms with Crippen LogP contribution in [-0.4, -0.2) is 40.8 Å². The third-order valence-electron chi connectivity index (χ3n) is 5.33. The molecule has 7 nitrogen and oxygen atoms in total. The molecule has 2 heterocycles. The molecule has 3 aromatic rings. The molecule has 1 aromatic heterocycles. The number of carbonyl (C=O) groups is 3. The van der Waals surface area contributed by atoms with Crippen LogP contribution in [0.5, 0.6) is 5.75 Å². The molecule has 0 bridgehead atoms. The lowest BCUT2D eigenvalue weighted by atomic mass is 10.1. The molecule has 1 aliphatic heterocycles. The maximum absolute atomic E-state index is 12.4. The molecule has 0 saturated carbocycles. The average molecular weight is 464 g/mol. The second kappa shape index (κ2) is 10.4. The molecule has 4 rings (SSSR count). The summed E-state index contributed by atoms with van der Waals surface area (Å²) in [6.07, 6.45) is 2.69. The van der Waals surface area contributed by atoms with Gasteiger partial charge in [0.2, 0.25) is 5.91 Å². The number of amides is 3. The van der Waals surface area contributed by atoms with E-state index in [0.29, 0.717) is 29.3 Å². The summed E-state index contributed by atoms with van der Waals surface area (Å²) in [4.78, 5) is 42.8. The van der Waals surface area contributed by atoms with Gasteiger partial charge in [-0.3, -0.25) is 19.3 Å². The zero-order valence-corrected chi connectivity index (χ0v) is 19.2. The Balaban J connectivity index is 1.25. The lowest BCUT2D eigenvalue weighted by molar-refractivity contribution is -0.116. The first-order valence-electron chi connectivity index (χ1n) is 11.0. The van der Waals surface area contributed by atoms with Crippen molar-refractivity contribution in [1.82, 2.24) is 9.88 Å².